The Morgan fingerprint density at radius 3 is 2.57 bits per heavy atom. The zero-order valence-electron chi connectivity index (χ0n) is 16.3. The van der Waals surface area contributed by atoms with Crippen LogP contribution in [0.5, 0.6) is 0 Å². The Labute approximate surface area is 178 Å². The van der Waals surface area contributed by atoms with Gasteiger partial charge in [0.1, 0.15) is 10.7 Å². The van der Waals surface area contributed by atoms with Crippen LogP contribution in [-0.4, -0.2) is 82.8 Å². The van der Waals surface area contributed by atoms with Gasteiger partial charge in [-0.1, -0.05) is 12.1 Å². The lowest BCUT2D eigenvalue weighted by molar-refractivity contribution is 0.0582. The first-order chi connectivity index (χ1) is 14.5. The van der Waals surface area contributed by atoms with Gasteiger partial charge in [-0.05, 0) is 18.6 Å². The summed E-state index contributed by atoms with van der Waals surface area (Å²) in [6, 6.07) is 7.90. The molecule has 0 saturated carbocycles. The molecule has 2 aliphatic rings. The van der Waals surface area contributed by atoms with E-state index in [1.807, 2.05) is 24.3 Å². The Morgan fingerprint density at radius 1 is 1.07 bits per heavy atom. The molecule has 2 fully saturated rings. The highest BCUT2D eigenvalue weighted by Gasteiger charge is 2.35. The Morgan fingerprint density at radius 2 is 1.83 bits per heavy atom. The third kappa shape index (κ3) is 3.70. The van der Waals surface area contributed by atoms with Crippen molar-refractivity contribution in [2.24, 2.45) is 0 Å². The lowest BCUT2D eigenvalue weighted by Crippen LogP contribution is -2.52. The molecule has 0 aliphatic carbocycles. The predicted octanol–water partition coefficient (Wildman–Crippen LogP) is 1.70. The lowest BCUT2D eigenvalue weighted by Gasteiger charge is -2.37. The fourth-order valence-electron chi connectivity index (χ4n) is 4.13. The van der Waals surface area contributed by atoms with Crippen molar-refractivity contribution < 1.29 is 13.2 Å². The second-order valence-corrected chi connectivity index (χ2v) is 10.9. The minimum atomic E-state index is -2.91. The molecule has 1 amide bonds. The van der Waals surface area contributed by atoms with Crippen molar-refractivity contribution in [1.82, 2.24) is 24.8 Å². The Kier molecular flexibility index (Phi) is 5.00. The fourth-order valence-corrected chi connectivity index (χ4v) is 6.85. The number of nitrogens with zero attached hydrogens (tertiary/aromatic N) is 5. The summed E-state index contributed by atoms with van der Waals surface area (Å²) >= 11 is 1.50. The van der Waals surface area contributed by atoms with E-state index in [0.717, 1.165) is 10.2 Å². The number of carbonyl (C=O) groups excluding carboxylic acids is 1. The average molecular weight is 444 g/mol. The van der Waals surface area contributed by atoms with Gasteiger partial charge in [0, 0.05) is 44.6 Å². The highest BCUT2D eigenvalue weighted by Crippen LogP contribution is 2.30. The van der Waals surface area contributed by atoms with Crippen LogP contribution in [0.15, 0.2) is 36.7 Å². The van der Waals surface area contributed by atoms with Gasteiger partial charge in [-0.3, -0.25) is 9.69 Å². The number of para-hydroxylation sites is 1. The first-order valence-corrected chi connectivity index (χ1v) is 12.5. The summed E-state index contributed by atoms with van der Waals surface area (Å²) < 4.78 is 24.6. The Hall–Kier alpha value is -2.43. The highest BCUT2D eigenvalue weighted by molar-refractivity contribution is 7.91. The normalized spacial score (nSPS) is 21.9. The average Bonchev–Trinajstić information content (AvgIpc) is 3.36. The van der Waals surface area contributed by atoms with E-state index in [2.05, 4.69) is 19.9 Å². The van der Waals surface area contributed by atoms with E-state index in [1.165, 1.54) is 17.5 Å². The zero-order chi connectivity index (χ0) is 20.7. The number of sulfone groups is 1. The SMILES string of the molecule is O=C(c1nccnc1-c1nc2ccccc2s1)N1CCN([C@H]2CCS(=O)(=O)C2)CC1. The summed E-state index contributed by atoms with van der Waals surface area (Å²) in [4.78, 5) is 30.6. The summed E-state index contributed by atoms with van der Waals surface area (Å²) in [7, 11) is -2.91. The van der Waals surface area contributed by atoms with Gasteiger partial charge in [-0.25, -0.2) is 23.4 Å². The summed E-state index contributed by atoms with van der Waals surface area (Å²) in [5.41, 5.74) is 1.70. The van der Waals surface area contributed by atoms with Crippen molar-refractivity contribution in [1.29, 1.82) is 0 Å². The molecule has 0 spiro atoms. The van der Waals surface area contributed by atoms with Gasteiger partial charge in [-0.15, -0.1) is 11.3 Å². The van der Waals surface area contributed by atoms with Crippen molar-refractivity contribution >= 4 is 37.3 Å². The summed E-state index contributed by atoms with van der Waals surface area (Å²) in [6.07, 6.45) is 3.79. The van der Waals surface area contributed by atoms with Crippen LogP contribution in [0.1, 0.15) is 16.9 Å². The number of thiazole rings is 1. The number of hydrogen-bond donors (Lipinski definition) is 0. The number of fused-ring (bicyclic) bond motifs is 1. The molecule has 1 aromatic carbocycles. The molecule has 0 unspecified atom stereocenters. The number of carbonyl (C=O) groups is 1. The number of rotatable bonds is 3. The minimum absolute atomic E-state index is 0.0714. The molecular formula is C20H21N5O3S2. The van der Waals surface area contributed by atoms with Crippen molar-refractivity contribution in [3.05, 3.63) is 42.4 Å². The van der Waals surface area contributed by atoms with Crippen LogP contribution in [0.25, 0.3) is 20.9 Å². The quantitative estimate of drug-likeness (QED) is 0.608. The van der Waals surface area contributed by atoms with E-state index in [9.17, 15) is 13.2 Å². The van der Waals surface area contributed by atoms with E-state index >= 15 is 0 Å². The van der Waals surface area contributed by atoms with E-state index in [0.29, 0.717) is 49.0 Å². The molecule has 2 aliphatic heterocycles. The molecule has 2 aromatic heterocycles. The van der Waals surface area contributed by atoms with Gasteiger partial charge in [0.25, 0.3) is 5.91 Å². The van der Waals surface area contributed by atoms with E-state index in [1.54, 1.807) is 11.1 Å². The van der Waals surface area contributed by atoms with Crippen LogP contribution < -0.4 is 0 Å². The molecule has 4 heterocycles. The highest BCUT2D eigenvalue weighted by atomic mass is 32.2. The van der Waals surface area contributed by atoms with Gasteiger partial charge in [-0.2, -0.15) is 0 Å². The monoisotopic (exact) mass is 443 g/mol. The van der Waals surface area contributed by atoms with Crippen LogP contribution in [0.2, 0.25) is 0 Å². The topological polar surface area (TPSA) is 96.4 Å². The van der Waals surface area contributed by atoms with E-state index in [-0.39, 0.29) is 23.5 Å². The molecule has 3 aromatic rings. The number of amides is 1. The van der Waals surface area contributed by atoms with Gasteiger partial charge in [0.2, 0.25) is 0 Å². The second kappa shape index (κ2) is 7.68. The van der Waals surface area contributed by atoms with Crippen LogP contribution in [0, 0.1) is 0 Å². The van der Waals surface area contributed by atoms with Crippen LogP contribution in [0.3, 0.4) is 0 Å². The van der Waals surface area contributed by atoms with Gasteiger partial charge < -0.3 is 4.90 Å². The first kappa shape index (κ1) is 19.5. The van der Waals surface area contributed by atoms with Gasteiger partial charge in [0.05, 0.1) is 21.7 Å². The molecule has 30 heavy (non-hydrogen) atoms. The molecule has 0 N–H and O–H groups in total. The maximum Gasteiger partial charge on any atom is 0.274 e. The van der Waals surface area contributed by atoms with Crippen LogP contribution >= 0.6 is 11.3 Å². The van der Waals surface area contributed by atoms with E-state index < -0.39 is 9.84 Å². The lowest BCUT2D eigenvalue weighted by atomic mass is 10.1. The molecule has 0 radical (unpaired) electrons. The Balaban J connectivity index is 1.34. The molecule has 0 bridgehead atoms. The molecule has 5 rings (SSSR count). The number of piperazine rings is 1. The minimum Gasteiger partial charge on any atom is -0.335 e. The van der Waals surface area contributed by atoms with Crippen molar-refractivity contribution in [2.45, 2.75) is 12.5 Å². The summed E-state index contributed by atoms with van der Waals surface area (Å²) in [6.45, 7) is 2.43. The first-order valence-electron chi connectivity index (χ1n) is 9.91. The maximum absolute atomic E-state index is 13.2. The maximum atomic E-state index is 13.2. The fraction of sp³-hybridized carbons (Fsp3) is 0.400. The molecule has 2 saturated heterocycles. The van der Waals surface area contributed by atoms with Crippen molar-refractivity contribution in [2.75, 3.05) is 37.7 Å². The third-order valence-electron chi connectivity index (χ3n) is 5.72. The molecule has 10 heteroatoms. The second-order valence-electron chi connectivity index (χ2n) is 7.63. The molecule has 8 nitrogen and oxygen atoms in total. The van der Waals surface area contributed by atoms with Gasteiger partial charge in [0.15, 0.2) is 15.5 Å². The Bertz CT molecular complexity index is 1170. The summed E-state index contributed by atoms with van der Waals surface area (Å²) in [5.74, 6) is 0.338. The molecule has 156 valence electrons. The van der Waals surface area contributed by atoms with E-state index in [4.69, 9.17) is 0 Å². The number of benzene rings is 1. The van der Waals surface area contributed by atoms with Crippen molar-refractivity contribution in [3.8, 4) is 10.7 Å². The van der Waals surface area contributed by atoms with Crippen LogP contribution in [0.4, 0.5) is 0 Å². The third-order valence-corrected chi connectivity index (χ3v) is 8.52. The molecular weight excluding hydrogens is 422 g/mol. The largest absolute Gasteiger partial charge is 0.335 e. The summed E-state index contributed by atoms with van der Waals surface area (Å²) in [5, 5.41) is 0.683. The predicted molar refractivity (Wildman–Crippen MR) is 115 cm³/mol. The standard InChI is InChI=1S/C20H21N5O3S2/c26-20(25-10-8-24(9-11-25)14-5-12-30(27,28)13-14)18-17(21-6-7-22-18)19-23-15-3-1-2-4-16(15)29-19/h1-4,6-7,14H,5,8-13H2/t14-/m0/s1. The van der Waals surface area contributed by atoms with Gasteiger partial charge >= 0.3 is 0 Å². The zero-order valence-corrected chi connectivity index (χ0v) is 17.9. The van der Waals surface area contributed by atoms with Crippen molar-refractivity contribution in [3.63, 3.8) is 0 Å². The smallest absolute Gasteiger partial charge is 0.274 e. The number of aromatic nitrogens is 3. The number of hydrogen-bond acceptors (Lipinski definition) is 8. The molecule has 1 atom stereocenters. The van der Waals surface area contributed by atoms with Crippen LogP contribution in [-0.2, 0) is 9.84 Å².